The Balaban J connectivity index is 2.10. The molecule has 2 aromatic rings. The van der Waals surface area contributed by atoms with Gasteiger partial charge in [-0.25, -0.2) is 0 Å². The van der Waals surface area contributed by atoms with Gasteiger partial charge in [0.15, 0.2) is 6.54 Å². The Bertz CT molecular complexity index is 747. The highest BCUT2D eigenvalue weighted by molar-refractivity contribution is 5.97. The zero-order valence-electron chi connectivity index (χ0n) is 13.5. The minimum absolute atomic E-state index is 0.0239. The third kappa shape index (κ3) is 5.40. The zero-order chi connectivity index (χ0) is 18.2. The van der Waals surface area contributed by atoms with E-state index in [-0.39, 0.29) is 18.1 Å². The van der Waals surface area contributed by atoms with Crippen LogP contribution in [0, 0.1) is 10.1 Å². The summed E-state index contributed by atoms with van der Waals surface area (Å²) >= 11 is 0. The average molecular weight is 343 g/mol. The Morgan fingerprint density at radius 1 is 1.08 bits per heavy atom. The molecule has 0 saturated carbocycles. The molecule has 0 spiro atoms. The van der Waals surface area contributed by atoms with Crippen molar-refractivity contribution in [1.82, 2.24) is 5.32 Å². The molecule has 2 amide bonds. The first kappa shape index (κ1) is 18.1. The van der Waals surface area contributed by atoms with Gasteiger partial charge in [-0.15, -0.1) is 0 Å². The van der Waals surface area contributed by atoms with Crippen LogP contribution in [0.15, 0.2) is 54.6 Å². The number of nitro groups is 1. The number of carbonyl (C=O) groups excluding carboxylic acids is 2. The van der Waals surface area contributed by atoms with Crippen molar-refractivity contribution in [2.75, 3.05) is 11.9 Å². The zero-order valence-corrected chi connectivity index (χ0v) is 13.5. The quantitative estimate of drug-likeness (QED) is 0.499. The van der Waals surface area contributed by atoms with Gasteiger partial charge >= 0.3 is 0 Å². The van der Waals surface area contributed by atoms with Crippen LogP contribution in [0.1, 0.15) is 5.56 Å². The molecule has 2 aromatic carbocycles. The number of carbonyl (C=O) groups is 2. The highest BCUT2D eigenvalue weighted by Crippen LogP contribution is 2.16. The van der Waals surface area contributed by atoms with E-state index in [2.05, 4.69) is 16.4 Å². The van der Waals surface area contributed by atoms with Crippen LogP contribution in [0.25, 0.3) is 0 Å². The molecule has 130 valence electrons. The second-order valence-corrected chi connectivity index (χ2v) is 5.35. The van der Waals surface area contributed by atoms with Crippen molar-refractivity contribution in [3.05, 3.63) is 70.3 Å². The van der Waals surface area contributed by atoms with Crippen LogP contribution in [-0.4, -0.2) is 29.3 Å². The Kier molecular flexibility index (Phi) is 6.19. The summed E-state index contributed by atoms with van der Waals surface area (Å²) in [5, 5.41) is 16.0. The standard InChI is InChI=1S/C17H18N4O4/c18-11-16(22)20-15(10-12-4-2-1-3-5-12)17(23)19-13-6-8-14(9-7-13)21(24)25/h1-9,15H,10-11,18H2,(H,19,23)(H,20,22)/p+1/t15-/m0/s1. The Morgan fingerprint density at radius 3 is 2.28 bits per heavy atom. The summed E-state index contributed by atoms with van der Waals surface area (Å²) in [7, 11) is 0. The number of rotatable bonds is 7. The highest BCUT2D eigenvalue weighted by atomic mass is 16.6. The fourth-order valence-electron chi connectivity index (χ4n) is 2.22. The highest BCUT2D eigenvalue weighted by Gasteiger charge is 2.21. The van der Waals surface area contributed by atoms with E-state index in [9.17, 15) is 19.7 Å². The van der Waals surface area contributed by atoms with E-state index < -0.39 is 16.9 Å². The molecule has 25 heavy (non-hydrogen) atoms. The van der Waals surface area contributed by atoms with E-state index in [0.717, 1.165) is 5.56 Å². The van der Waals surface area contributed by atoms with Crippen molar-refractivity contribution < 1.29 is 20.2 Å². The molecule has 0 radical (unpaired) electrons. The molecule has 0 aliphatic heterocycles. The Labute approximate surface area is 144 Å². The van der Waals surface area contributed by atoms with E-state index in [1.54, 1.807) is 0 Å². The molecule has 0 heterocycles. The predicted molar refractivity (Wildman–Crippen MR) is 91.6 cm³/mol. The average Bonchev–Trinajstić information content (AvgIpc) is 2.62. The molecule has 0 unspecified atom stereocenters. The molecule has 2 rings (SSSR count). The van der Waals surface area contributed by atoms with Crippen LogP contribution < -0.4 is 16.4 Å². The van der Waals surface area contributed by atoms with Crippen molar-refractivity contribution in [2.45, 2.75) is 12.5 Å². The maximum Gasteiger partial charge on any atom is 0.275 e. The third-order valence-electron chi connectivity index (χ3n) is 3.51. The molecule has 8 heteroatoms. The first-order chi connectivity index (χ1) is 12.0. The maximum absolute atomic E-state index is 12.5. The first-order valence-corrected chi connectivity index (χ1v) is 7.67. The summed E-state index contributed by atoms with van der Waals surface area (Å²) in [6.07, 6.45) is 0.325. The molecule has 8 nitrogen and oxygen atoms in total. The second-order valence-electron chi connectivity index (χ2n) is 5.35. The van der Waals surface area contributed by atoms with Crippen LogP contribution in [0.4, 0.5) is 11.4 Å². The lowest BCUT2D eigenvalue weighted by molar-refractivity contribution is -0.384. The summed E-state index contributed by atoms with van der Waals surface area (Å²) in [4.78, 5) is 34.3. The van der Waals surface area contributed by atoms with Gasteiger partial charge in [-0.05, 0) is 17.7 Å². The largest absolute Gasteiger partial charge is 0.350 e. The van der Waals surface area contributed by atoms with Gasteiger partial charge in [-0.2, -0.15) is 0 Å². The molecule has 5 N–H and O–H groups in total. The molecular formula is C17H19N4O4+. The van der Waals surface area contributed by atoms with Gasteiger partial charge in [0.25, 0.3) is 11.6 Å². The Hall–Kier alpha value is -3.26. The SMILES string of the molecule is [NH3+]CC(=O)N[C@@H](Cc1ccccc1)C(=O)Nc1ccc([N+](=O)[O-])cc1. The van der Waals surface area contributed by atoms with Gasteiger partial charge in [0.1, 0.15) is 6.04 Å². The van der Waals surface area contributed by atoms with E-state index >= 15 is 0 Å². The molecule has 0 saturated heterocycles. The third-order valence-corrected chi connectivity index (χ3v) is 3.51. The smallest absolute Gasteiger partial charge is 0.275 e. The van der Waals surface area contributed by atoms with Crippen molar-refractivity contribution in [3.63, 3.8) is 0 Å². The number of benzene rings is 2. The molecule has 0 fully saturated rings. The van der Waals surface area contributed by atoms with Gasteiger partial charge in [-0.1, -0.05) is 30.3 Å². The molecule has 0 aliphatic rings. The Morgan fingerprint density at radius 2 is 1.72 bits per heavy atom. The maximum atomic E-state index is 12.5. The summed E-state index contributed by atoms with van der Waals surface area (Å²) < 4.78 is 0. The lowest BCUT2D eigenvalue weighted by atomic mass is 10.0. The molecule has 0 aliphatic carbocycles. The van der Waals surface area contributed by atoms with Gasteiger partial charge in [-0.3, -0.25) is 19.7 Å². The monoisotopic (exact) mass is 343 g/mol. The van der Waals surface area contributed by atoms with Crippen molar-refractivity contribution >= 4 is 23.2 Å². The van der Waals surface area contributed by atoms with Crippen molar-refractivity contribution in [3.8, 4) is 0 Å². The fourth-order valence-corrected chi connectivity index (χ4v) is 2.22. The van der Waals surface area contributed by atoms with Crippen LogP contribution in [0.5, 0.6) is 0 Å². The number of nitro benzene ring substituents is 1. The number of non-ortho nitro benzene ring substituents is 1. The summed E-state index contributed by atoms with van der Waals surface area (Å²) in [6, 6.07) is 14.0. The minimum atomic E-state index is -0.771. The molecule has 1 atom stereocenters. The minimum Gasteiger partial charge on any atom is -0.350 e. The number of amides is 2. The van der Waals surface area contributed by atoms with Gasteiger partial charge in [0.2, 0.25) is 5.91 Å². The number of nitrogens with zero attached hydrogens (tertiary/aromatic N) is 1. The number of hydrogen-bond donors (Lipinski definition) is 3. The number of anilines is 1. The molecular weight excluding hydrogens is 324 g/mol. The molecule has 0 bridgehead atoms. The van der Waals surface area contributed by atoms with Crippen LogP contribution in [0.2, 0.25) is 0 Å². The number of nitrogens with one attached hydrogen (secondary N) is 2. The number of hydrogen-bond acceptors (Lipinski definition) is 4. The van der Waals surface area contributed by atoms with Crippen molar-refractivity contribution in [1.29, 1.82) is 0 Å². The summed E-state index contributed by atoms with van der Waals surface area (Å²) in [5.41, 5.74) is 4.76. The van der Waals surface area contributed by atoms with Gasteiger partial charge in [0, 0.05) is 24.2 Å². The summed E-state index contributed by atoms with van der Waals surface area (Å²) in [5.74, 6) is -0.737. The fraction of sp³-hybridized carbons (Fsp3) is 0.176. The lowest BCUT2D eigenvalue weighted by Gasteiger charge is -2.18. The van der Waals surface area contributed by atoms with Crippen molar-refractivity contribution in [2.24, 2.45) is 0 Å². The van der Waals surface area contributed by atoms with E-state index in [4.69, 9.17) is 0 Å². The van der Waals surface area contributed by atoms with E-state index in [1.807, 2.05) is 30.3 Å². The normalized spacial score (nSPS) is 11.4. The lowest BCUT2D eigenvalue weighted by Crippen LogP contribution is -2.59. The van der Waals surface area contributed by atoms with E-state index in [0.29, 0.717) is 12.1 Å². The van der Waals surface area contributed by atoms with Crippen LogP contribution >= 0.6 is 0 Å². The van der Waals surface area contributed by atoms with Crippen LogP contribution in [-0.2, 0) is 16.0 Å². The van der Waals surface area contributed by atoms with Crippen LogP contribution in [0.3, 0.4) is 0 Å². The number of quaternary nitrogens is 1. The summed E-state index contributed by atoms with van der Waals surface area (Å²) in [6.45, 7) is 0.0239. The first-order valence-electron chi connectivity index (χ1n) is 7.67. The van der Waals surface area contributed by atoms with E-state index in [1.165, 1.54) is 24.3 Å². The topological polar surface area (TPSA) is 129 Å². The van der Waals surface area contributed by atoms with Gasteiger partial charge in [0.05, 0.1) is 4.92 Å². The van der Waals surface area contributed by atoms with Gasteiger partial charge < -0.3 is 16.4 Å². The molecule has 0 aromatic heterocycles. The predicted octanol–water partition coefficient (Wildman–Crippen LogP) is 0.503. The second kappa shape index (κ2) is 8.55.